The van der Waals surface area contributed by atoms with Gasteiger partial charge in [0.05, 0.1) is 19.8 Å². The third-order valence-electron chi connectivity index (χ3n) is 9.09. The molecule has 2 heterocycles. The Bertz CT molecular complexity index is 907. The van der Waals surface area contributed by atoms with Gasteiger partial charge in [0.25, 0.3) is 0 Å². The van der Waals surface area contributed by atoms with E-state index in [4.69, 9.17) is 28.4 Å². The predicted octanol–water partition coefficient (Wildman–Crippen LogP) is 1.36. The van der Waals surface area contributed by atoms with Crippen LogP contribution in [-0.4, -0.2) is 142 Å². The zero-order valence-electron chi connectivity index (χ0n) is 29.9. The zero-order valence-corrected chi connectivity index (χ0v) is 29.9. The molecule has 0 aromatic carbocycles. The number of aliphatic hydroxyl groups is 7. The minimum Gasteiger partial charge on any atom is -0.462 e. The van der Waals surface area contributed by atoms with E-state index in [1.807, 2.05) is 0 Å². The van der Waals surface area contributed by atoms with Crippen LogP contribution in [0.2, 0.25) is 0 Å². The van der Waals surface area contributed by atoms with Gasteiger partial charge in [0.2, 0.25) is 0 Å². The summed E-state index contributed by atoms with van der Waals surface area (Å²) in [6.07, 6.45) is -1.91. The van der Waals surface area contributed by atoms with Gasteiger partial charge in [-0.15, -0.1) is 0 Å². The molecule has 15 nitrogen and oxygen atoms in total. The Morgan fingerprint density at radius 3 is 1.56 bits per heavy atom. The summed E-state index contributed by atoms with van der Waals surface area (Å²) in [4.78, 5) is 25.1. The summed E-state index contributed by atoms with van der Waals surface area (Å²) in [6, 6.07) is 0. The normalized spacial score (nSPS) is 30.6. The first-order valence-electron chi connectivity index (χ1n) is 18.6. The summed E-state index contributed by atoms with van der Waals surface area (Å²) < 4.78 is 33.1. The van der Waals surface area contributed by atoms with Crippen LogP contribution in [0.5, 0.6) is 0 Å². The van der Waals surface area contributed by atoms with Crippen molar-refractivity contribution in [1.82, 2.24) is 0 Å². The Balaban J connectivity index is 1.93. The first-order valence-corrected chi connectivity index (χ1v) is 18.6. The molecule has 2 aliphatic rings. The fourth-order valence-electron chi connectivity index (χ4n) is 5.86. The van der Waals surface area contributed by atoms with Gasteiger partial charge in [0, 0.05) is 12.8 Å². The fourth-order valence-corrected chi connectivity index (χ4v) is 5.86. The van der Waals surface area contributed by atoms with Gasteiger partial charge < -0.3 is 64.2 Å². The number of esters is 2. The van der Waals surface area contributed by atoms with Gasteiger partial charge in [-0.3, -0.25) is 9.59 Å². The van der Waals surface area contributed by atoms with E-state index in [0.29, 0.717) is 12.8 Å². The van der Waals surface area contributed by atoms with E-state index >= 15 is 0 Å². The van der Waals surface area contributed by atoms with Crippen LogP contribution >= 0.6 is 0 Å². The predicted molar refractivity (Wildman–Crippen MR) is 178 cm³/mol. The molecule has 0 spiro atoms. The second kappa shape index (κ2) is 25.5. The third kappa shape index (κ3) is 16.0. The molecule has 2 rings (SSSR count). The zero-order chi connectivity index (χ0) is 36.9. The number of hydrogen-bond donors (Lipinski definition) is 7. The Labute approximate surface area is 296 Å². The summed E-state index contributed by atoms with van der Waals surface area (Å²) >= 11 is 0. The summed E-state index contributed by atoms with van der Waals surface area (Å²) in [7, 11) is 0. The minimum absolute atomic E-state index is 0.169. The van der Waals surface area contributed by atoms with Crippen molar-refractivity contribution in [3.63, 3.8) is 0 Å². The van der Waals surface area contributed by atoms with Crippen LogP contribution in [0.3, 0.4) is 0 Å². The van der Waals surface area contributed by atoms with Gasteiger partial charge in [-0.25, -0.2) is 0 Å². The smallest absolute Gasteiger partial charge is 0.306 e. The van der Waals surface area contributed by atoms with E-state index in [2.05, 4.69) is 13.8 Å². The molecular formula is C35H64O15. The number of ether oxygens (including phenoxy) is 6. The maximum absolute atomic E-state index is 12.7. The van der Waals surface area contributed by atoms with Crippen LogP contribution in [0.25, 0.3) is 0 Å². The fraction of sp³-hybridized carbons (Fsp3) is 0.943. The Morgan fingerprint density at radius 1 is 0.560 bits per heavy atom. The van der Waals surface area contributed by atoms with Gasteiger partial charge in [-0.05, 0) is 12.8 Å². The molecule has 0 bridgehead atoms. The van der Waals surface area contributed by atoms with E-state index in [-0.39, 0.29) is 26.1 Å². The molecule has 0 amide bonds. The third-order valence-corrected chi connectivity index (χ3v) is 9.09. The van der Waals surface area contributed by atoms with E-state index in [9.17, 15) is 45.3 Å². The molecule has 294 valence electrons. The molecule has 0 unspecified atom stereocenters. The molecule has 50 heavy (non-hydrogen) atoms. The SMILES string of the molecule is CCCCCCCCCCCC(=O)O[C@H](COC(=O)CCCCCCC)CO[C@@H]1O[C@H](CO[C@H]2O[C@H](CO)[C@H](O)[C@H](O)[C@H]2O)[C@H](O)[C@H](O)[C@H]1O. The quantitative estimate of drug-likeness (QED) is 0.0493. The maximum Gasteiger partial charge on any atom is 0.306 e. The highest BCUT2D eigenvalue weighted by Crippen LogP contribution is 2.26. The molecule has 0 aromatic rings. The van der Waals surface area contributed by atoms with Crippen molar-refractivity contribution in [2.24, 2.45) is 0 Å². The second-order valence-electron chi connectivity index (χ2n) is 13.4. The lowest BCUT2D eigenvalue weighted by molar-refractivity contribution is -0.332. The van der Waals surface area contributed by atoms with Crippen LogP contribution in [0, 0.1) is 0 Å². The molecule has 15 heteroatoms. The summed E-state index contributed by atoms with van der Waals surface area (Å²) in [5.74, 6) is -0.942. The van der Waals surface area contributed by atoms with Crippen LogP contribution < -0.4 is 0 Å². The number of unbranched alkanes of at least 4 members (excludes halogenated alkanes) is 12. The molecule has 2 saturated heterocycles. The highest BCUT2D eigenvalue weighted by Gasteiger charge is 2.47. The van der Waals surface area contributed by atoms with Crippen molar-refractivity contribution in [2.75, 3.05) is 26.4 Å². The van der Waals surface area contributed by atoms with Crippen LogP contribution in [0.1, 0.15) is 117 Å². The van der Waals surface area contributed by atoms with E-state index in [0.717, 1.165) is 44.9 Å². The maximum atomic E-state index is 12.7. The Hall–Kier alpha value is -1.50. The molecule has 2 aliphatic heterocycles. The first kappa shape index (κ1) is 44.7. The average molecular weight is 725 g/mol. The molecule has 0 aliphatic carbocycles. The topological polar surface area (TPSA) is 231 Å². The standard InChI is InChI=1S/C35H64O15/c1-3-5-7-9-10-11-12-14-16-18-27(38)48-23(20-45-26(37)17-15-13-8-6-4-2)21-46-34-33(44)31(42)29(40)25(50-34)22-47-35-32(43)30(41)28(39)24(19-36)49-35/h23-25,28-36,39-44H,3-22H2,1-2H3/t23-,24-,25-,28+,29+,30+,31+,32-,33-,34-,35+/m1/s1. The van der Waals surface area contributed by atoms with Gasteiger partial charge in [-0.2, -0.15) is 0 Å². The highest BCUT2D eigenvalue weighted by atomic mass is 16.7. The van der Waals surface area contributed by atoms with Crippen molar-refractivity contribution in [3.05, 3.63) is 0 Å². The van der Waals surface area contributed by atoms with Crippen molar-refractivity contribution in [2.45, 2.75) is 184 Å². The monoisotopic (exact) mass is 724 g/mol. The lowest BCUT2D eigenvalue weighted by Gasteiger charge is -2.42. The van der Waals surface area contributed by atoms with Crippen molar-refractivity contribution < 1.29 is 73.8 Å². The van der Waals surface area contributed by atoms with Gasteiger partial charge in [0.1, 0.15) is 55.4 Å². The number of hydrogen-bond acceptors (Lipinski definition) is 15. The van der Waals surface area contributed by atoms with Crippen molar-refractivity contribution in [3.8, 4) is 0 Å². The van der Waals surface area contributed by atoms with E-state index in [1.54, 1.807) is 0 Å². The molecule has 0 radical (unpaired) electrons. The summed E-state index contributed by atoms with van der Waals surface area (Å²) in [5, 5.41) is 71.3. The Morgan fingerprint density at radius 2 is 1.02 bits per heavy atom. The lowest BCUT2D eigenvalue weighted by atomic mass is 9.98. The largest absolute Gasteiger partial charge is 0.462 e. The van der Waals surface area contributed by atoms with Gasteiger partial charge in [-0.1, -0.05) is 90.9 Å². The molecule has 11 atom stereocenters. The molecule has 2 fully saturated rings. The average Bonchev–Trinajstić information content (AvgIpc) is 3.10. The van der Waals surface area contributed by atoms with Crippen LogP contribution in [-0.2, 0) is 38.0 Å². The summed E-state index contributed by atoms with van der Waals surface area (Å²) in [5.41, 5.74) is 0. The molecule has 0 saturated carbocycles. The number of carbonyl (C=O) groups excluding carboxylic acids is 2. The highest BCUT2D eigenvalue weighted by molar-refractivity contribution is 5.70. The summed E-state index contributed by atoms with van der Waals surface area (Å²) in [6.45, 7) is 2.41. The van der Waals surface area contributed by atoms with Crippen molar-refractivity contribution >= 4 is 11.9 Å². The van der Waals surface area contributed by atoms with Gasteiger partial charge in [0.15, 0.2) is 18.7 Å². The number of carbonyl (C=O) groups is 2. The van der Waals surface area contributed by atoms with E-state index in [1.165, 1.54) is 32.1 Å². The van der Waals surface area contributed by atoms with Crippen LogP contribution in [0.4, 0.5) is 0 Å². The number of rotatable bonds is 26. The Kier molecular flexibility index (Phi) is 22.8. The first-order chi connectivity index (χ1) is 24.0. The molecule has 0 aromatic heterocycles. The molecule has 7 N–H and O–H groups in total. The molecular weight excluding hydrogens is 660 g/mol. The van der Waals surface area contributed by atoms with E-state index < -0.39 is 92.7 Å². The minimum atomic E-state index is -1.75. The van der Waals surface area contributed by atoms with Gasteiger partial charge >= 0.3 is 11.9 Å². The number of aliphatic hydroxyl groups excluding tert-OH is 7. The second-order valence-corrected chi connectivity index (χ2v) is 13.4. The van der Waals surface area contributed by atoms with Crippen LogP contribution in [0.15, 0.2) is 0 Å². The van der Waals surface area contributed by atoms with Crippen molar-refractivity contribution in [1.29, 1.82) is 0 Å². The lowest BCUT2D eigenvalue weighted by Crippen LogP contribution is -2.61.